The van der Waals surface area contributed by atoms with Crippen molar-refractivity contribution in [3.63, 3.8) is 0 Å². The summed E-state index contributed by atoms with van der Waals surface area (Å²) in [6, 6.07) is 12.9. The van der Waals surface area contributed by atoms with Gasteiger partial charge in [0.05, 0.1) is 5.69 Å². The summed E-state index contributed by atoms with van der Waals surface area (Å²) >= 11 is 1.53. The van der Waals surface area contributed by atoms with Crippen LogP contribution in [0, 0.1) is 0 Å². The van der Waals surface area contributed by atoms with Crippen LogP contribution in [-0.4, -0.2) is 32.2 Å². The third kappa shape index (κ3) is 4.55. The van der Waals surface area contributed by atoms with E-state index in [1.165, 1.54) is 11.3 Å². The van der Waals surface area contributed by atoms with E-state index in [0.717, 1.165) is 11.1 Å². The Balaban J connectivity index is 1.25. The molecule has 0 aliphatic carbocycles. The Bertz CT molecular complexity index is 1100. The van der Waals surface area contributed by atoms with Gasteiger partial charge in [0.25, 0.3) is 5.91 Å². The van der Waals surface area contributed by atoms with Gasteiger partial charge in [-0.05, 0) is 17.5 Å². The van der Waals surface area contributed by atoms with Gasteiger partial charge >= 0.3 is 0 Å². The SMILES string of the molecule is O=C(CCc1nnc(-c2ccsc2)o1)NNC(=O)c1cc(-c2ccccc2)n[nH]1. The molecule has 3 aromatic heterocycles. The van der Waals surface area contributed by atoms with E-state index < -0.39 is 5.91 Å². The molecule has 10 heteroatoms. The molecule has 0 radical (unpaired) electrons. The highest BCUT2D eigenvalue weighted by Gasteiger charge is 2.13. The number of benzene rings is 1. The third-order valence-corrected chi connectivity index (χ3v) is 4.69. The number of carbonyl (C=O) groups is 2. The van der Waals surface area contributed by atoms with Gasteiger partial charge in [-0.2, -0.15) is 16.4 Å². The molecule has 1 aromatic carbocycles. The second kappa shape index (κ2) is 8.48. The highest BCUT2D eigenvalue weighted by Crippen LogP contribution is 2.20. The zero-order valence-electron chi connectivity index (χ0n) is 15.1. The Hall–Kier alpha value is -3.79. The molecular weight excluding hydrogens is 392 g/mol. The molecule has 4 aromatic rings. The van der Waals surface area contributed by atoms with Gasteiger partial charge in [-0.15, -0.1) is 10.2 Å². The highest BCUT2D eigenvalue weighted by atomic mass is 32.1. The second-order valence-corrected chi connectivity index (χ2v) is 6.83. The average Bonchev–Trinajstić information content (AvgIpc) is 3.52. The largest absolute Gasteiger partial charge is 0.421 e. The molecule has 0 aliphatic heterocycles. The molecule has 3 heterocycles. The lowest BCUT2D eigenvalue weighted by atomic mass is 10.1. The first kappa shape index (κ1) is 18.6. The van der Waals surface area contributed by atoms with E-state index in [1.54, 1.807) is 6.07 Å². The van der Waals surface area contributed by atoms with Crippen molar-refractivity contribution in [2.45, 2.75) is 12.8 Å². The van der Waals surface area contributed by atoms with Crippen LogP contribution in [0.5, 0.6) is 0 Å². The summed E-state index contributed by atoms with van der Waals surface area (Å²) in [6.07, 6.45) is 0.352. The quantitative estimate of drug-likeness (QED) is 0.421. The predicted molar refractivity (Wildman–Crippen MR) is 106 cm³/mol. The van der Waals surface area contributed by atoms with E-state index in [0.29, 0.717) is 17.5 Å². The zero-order chi connectivity index (χ0) is 20.1. The van der Waals surface area contributed by atoms with E-state index >= 15 is 0 Å². The maximum Gasteiger partial charge on any atom is 0.287 e. The molecule has 0 fully saturated rings. The Kier molecular flexibility index (Phi) is 5.43. The van der Waals surface area contributed by atoms with Crippen molar-refractivity contribution < 1.29 is 14.0 Å². The average molecular weight is 408 g/mol. The van der Waals surface area contributed by atoms with Crippen LogP contribution >= 0.6 is 11.3 Å². The van der Waals surface area contributed by atoms with Crippen LogP contribution in [0.25, 0.3) is 22.7 Å². The van der Waals surface area contributed by atoms with Gasteiger partial charge in [0.15, 0.2) is 0 Å². The molecule has 4 rings (SSSR count). The molecule has 0 aliphatic rings. The van der Waals surface area contributed by atoms with Gasteiger partial charge in [-0.3, -0.25) is 25.5 Å². The Labute approximate surface area is 169 Å². The van der Waals surface area contributed by atoms with Crippen molar-refractivity contribution in [1.29, 1.82) is 0 Å². The molecule has 0 unspecified atom stereocenters. The molecule has 3 N–H and O–H groups in total. The molecule has 0 bridgehead atoms. The smallest absolute Gasteiger partial charge is 0.287 e. The van der Waals surface area contributed by atoms with Gasteiger partial charge in [-0.1, -0.05) is 30.3 Å². The maximum atomic E-state index is 12.2. The first-order chi connectivity index (χ1) is 14.2. The normalized spacial score (nSPS) is 10.6. The lowest BCUT2D eigenvalue weighted by Gasteiger charge is -2.04. The van der Waals surface area contributed by atoms with Gasteiger partial charge in [0.2, 0.25) is 17.7 Å². The Morgan fingerprint density at radius 2 is 1.93 bits per heavy atom. The molecule has 0 atom stereocenters. The van der Waals surface area contributed by atoms with Crippen molar-refractivity contribution >= 4 is 23.2 Å². The molecule has 0 spiro atoms. The first-order valence-corrected chi connectivity index (χ1v) is 9.68. The standard InChI is InChI=1S/C19H16N6O3S/c26-16(6-7-17-23-25-19(28-17)13-8-9-29-11-13)22-24-18(27)15-10-14(20-21-15)12-4-2-1-3-5-12/h1-5,8-11H,6-7H2,(H,20,21)(H,22,26)(H,24,27). The summed E-state index contributed by atoms with van der Waals surface area (Å²) in [7, 11) is 0. The first-order valence-electron chi connectivity index (χ1n) is 8.74. The van der Waals surface area contributed by atoms with E-state index in [2.05, 4.69) is 31.2 Å². The van der Waals surface area contributed by atoms with Crippen molar-refractivity contribution in [1.82, 2.24) is 31.2 Å². The summed E-state index contributed by atoms with van der Waals surface area (Å²) < 4.78 is 5.52. The number of nitrogens with one attached hydrogen (secondary N) is 3. The van der Waals surface area contributed by atoms with E-state index in [4.69, 9.17) is 4.42 Å². The predicted octanol–water partition coefficient (Wildman–Crippen LogP) is 2.58. The second-order valence-electron chi connectivity index (χ2n) is 6.05. The molecule has 9 nitrogen and oxygen atoms in total. The fourth-order valence-corrected chi connectivity index (χ4v) is 3.16. The minimum atomic E-state index is -0.495. The summed E-state index contributed by atoms with van der Waals surface area (Å²) in [5.41, 5.74) is 7.32. The van der Waals surface area contributed by atoms with Gasteiger partial charge in [0, 0.05) is 29.3 Å². The van der Waals surface area contributed by atoms with E-state index in [9.17, 15) is 9.59 Å². The minimum Gasteiger partial charge on any atom is -0.421 e. The highest BCUT2D eigenvalue weighted by molar-refractivity contribution is 7.08. The van der Waals surface area contributed by atoms with E-state index in [-0.39, 0.29) is 24.4 Å². The number of hydrogen-bond acceptors (Lipinski definition) is 7. The van der Waals surface area contributed by atoms with Crippen LogP contribution in [0.4, 0.5) is 0 Å². The number of rotatable bonds is 6. The minimum absolute atomic E-state index is 0.0871. The number of H-pyrrole nitrogens is 1. The fourth-order valence-electron chi connectivity index (χ4n) is 2.53. The lowest BCUT2D eigenvalue weighted by molar-refractivity contribution is -0.121. The number of amides is 2. The van der Waals surface area contributed by atoms with Crippen molar-refractivity contribution in [3.05, 3.63) is 64.8 Å². The van der Waals surface area contributed by atoms with Crippen LogP contribution in [0.3, 0.4) is 0 Å². The number of hydrogen-bond donors (Lipinski definition) is 3. The maximum absolute atomic E-state index is 12.2. The summed E-state index contributed by atoms with van der Waals surface area (Å²) in [6.45, 7) is 0. The molecule has 0 saturated carbocycles. The summed E-state index contributed by atoms with van der Waals surface area (Å²) in [4.78, 5) is 24.1. The van der Waals surface area contributed by atoms with Gasteiger partial charge in [0.1, 0.15) is 5.69 Å². The number of aryl methyl sites for hydroxylation is 1. The molecular formula is C19H16N6O3S. The molecule has 2 amide bonds. The van der Waals surface area contributed by atoms with Crippen LogP contribution < -0.4 is 10.9 Å². The number of aromatic nitrogens is 4. The Morgan fingerprint density at radius 1 is 1.07 bits per heavy atom. The van der Waals surface area contributed by atoms with Gasteiger partial charge in [-0.25, -0.2) is 0 Å². The molecule has 0 saturated heterocycles. The Morgan fingerprint density at radius 3 is 2.72 bits per heavy atom. The van der Waals surface area contributed by atoms with Crippen LogP contribution in [0.1, 0.15) is 22.8 Å². The topological polar surface area (TPSA) is 126 Å². The lowest BCUT2D eigenvalue weighted by Crippen LogP contribution is -2.41. The molecule has 29 heavy (non-hydrogen) atoms. The molecule has 146 valence electrons. The van der Waals surface area contributed by atoms with Crippen molar-refractivity contribution in [2.24, 2.45) is 0 Å². The van der Waals surface area contributed by atoms with E-state index in [1.807, 2.05) is 47.2 Å². The van der Waals surface area contributed by atoms with Crippen molar-refractivity contribution in [2.75, 3.05) is 0 Å². The monoisotopic (exact) mass is 408 g/mol. The number of aromatic amines is 1. The zero-order valence-corrected chi connectivity index (χ0v) is 15.9. The van der Waals surface area contributed by atoms with Crippen molar-refractivity contribution in [3.8, 4) is 22.7 Å². The van der Waals surface area contributed by atoms with Crippen LogP contribution in [0.15, 0.2) is 57.6 Å². The van der Waals surface area contributed by atoms with Crippen LogP contribution in [-0.2, 0) is 11.2 Å². The number of carbonyl (C=O) groups excluding carboxylic acids is 2. The summed E-state index contributed by atoms with van der Waals surface area (Å²) in [5.74, 6) is -0.0980. The van der Waals surface area contributed by atoms with Gasteiger partial charge < -0.3 is 4.42 Å². The fraction of sp³-hybridized carbons (Fsp3) is 0.105. The third-order valence-electron chi connectivity index (χ3n) is 4.01. The number of hydrazine groups is 1. The summed E-state index contributed by atoms with van der Waals surface area (Å²) in [5, 5.41) is 18.5. The van der Waals surface area contributed by atoms with Crippen LogP contribution in [0.2, 0.25) is 0 Å². The number of nitrogens with zero attached hydrogens (tertiary/aromatic N) is 3. The number of thiophene rings is 1.